The van der Waals surface area contributed by atoms with Crippen molar-refractivity contribution in [3.63, 3.8) is 0 Å². The summed E-state index contributed by atoms with van der Waals surface area (Å²) < 4.78 is 0. The average molecular weight is 271 g/mol. The van der Waals surface area contributed by atoms with Gasteiger partial charge in [-0.2, -0.15) is 5.26 Å². The summed E-state index contributed by atoms with van der Waals surface area (Å²) in [7, 11) is 0. The Morgan fingerprint density at radius 1 is 1.40 bits per heavy atom. The zero-order valence-corrected chi connectivity index (χ0v) is 11.8. The lowest BCUT2D eigenvalue weighted by Gasteiger charge is -2.26. The summed E-state index contributed by atoms with van der Waals surface area (Å²) in [4.78, 5) is 25.9. The van der Waals surface area contributed by atoms with E-state index in [1.807, 2.05) is 19.9 Å². The highest BCUT2D eigenvalue weighted by atomic mass is 16.2. The quantitative estimate of drug-likeness (QED) is 0.659. The molecule has 0 spiro atoms. The highest BCUT2D eigenvalue weighted by Crippen LogP contribution is 2.42. The fourth-order valence-corrected chi connectivity index (χ4v) is 2.36. The van der Waals surface area contributed by atoms with Gasteiger partial charge in [0.25, 0.3) is 0 Å². The summed E-state index contributed by atoms with van der Waals surface area (Å²) in [6, 6.07) is 6.55. The number of hydrogen-bond donors (Lipinski definition) is 1. The molecule has 0 aromatic heterocycles. The molecule has 20 heavy (non-hydrogen) atoms. The second kappa shape index (κ2) is 4.64. The molecule has 0 aliphatic carbocycles. The number of amides is 2. The van der Waals surface area contributed by atoms with Gasteiger partial charge in [0.2, 0.25) is 11.8 Å². The maximum atomic E-state index is 12.6. The number of nitriles is 1. The Morgan fingerprint density at radius 2 is 2.05 bits per heavy atom. The third kappa shape index (κ3) is 1.94. The minimum absolute atomic E-state index is 0.0588. The van der Waals surface area contributed by atoms with Gasteiger partial charge in [0, 0.05) is 6.42 Å². The summed E-state index contributed by atoms with van der Waals surface area (Å²) in [5, 5.41) is 8.83. The van der Waals surface area contributed by atoms with Crippen LogP contribution in [0.2, 0.25) is 0 Å². The summed E-state index contributed by atoms with van der Waals surface area (Å²) >= 11 is 0. The molecule has 2 rings (SSSR count). The number of nitrogen functional groups attached to an aromatic ring is 1. The monoisotopic (exact) mass is 271 g/mol. The molecule has 1 unspecified atom stereocenters. The fraction of sp³-hybridized carbons (Fsp3) is 0.400. The van der Waals surface area contributed by atoms with Crippen LogP contribution in [-0.4, -0.2) is 11.8 Å². The summed E-state index contributed by atoms with van der Waals surface area (Å²) in [5.74, 6) is -0.417. The maximum absolute atomic E-state index is 12.6. The largest absolute Gasteiger partial charge is 0.397 e. The Labute approximate surface area is 118 Å². The third-order valence-corrected chi connectivity index (χ3v) is 4.13. The fourth-order valence-electron chi connectivity index (χ4n) is 2.36. The molecule has 2 amide bonds. The molecule has 1 aromatic rings. The van der Waals surface area contributed by atoms with Crippen LogP contribution in [0.5, 0.6) is 0 Å². The lowest BCUT2D eigenvalue weighted by Crippen LogP contribution is -2.37. The Kier molecular flexibility index (Phi) is 3.26. The molecule has 1 saturated heterocycles. The van der Waals surface area contributed by atoms with Crippen LogP contribution in [0.1, 0.15) is 32.8 Å². The van der Waals surface area contributed by atoms with Gasteiger partial charge in [-0.05, 0) is 31.0 Å². The first-order valence-electron chi connectivity index (χ1n) is 6.48. The Hall–Kier alpha value is -2.35. The molecule has 1 aromatic carbocycles. The number of carbonyl (C=O) groups is 2. The normalized spacial score (nSPS) is 22.4. The smallest absolute Gasteiger partial charge is 0.240 e. The van der Waals surface area contributed by atoms with Crippen LogP contribution in [0.3, 0.4) is 0 Å². The summed E-state index contributed by atoms with van der Waals surface area (Å²) in [6.07, 6.45) is 0.183. The van der Waals surface area contributed by atoms with E-state index in [1.54, 1.807) is 19.1 Å². The van der Waals surface area contributed by atoms with Crippen molar-refractivity contribution < 1.29 is 9.59 Å². The van der Waals surface area contributed by atoms with E-state index in [-0.39, 0.29) is 29.8 Å². The van der Waals surface area contributed by atoms with Crippen molar-refractivity contribution in [3.8, 4) is 6.07 Å². The van der Waals surface area contributed by atoms with Gasteiger partial charge in [-0.3, -0.25) is 9.59 Å². The van der Waals surface area contributed by atoms with E-state index >= 15 is 0 Å². The SMILES string of the molecule is CC(C)C1(C)CC(=O)N(c2ccc(C#N)cc2N)C1=O. The second-order valence-corrected chi connectivity index (χ2v) is 5.67. The molecule has 1 atom stereocenters. The molecule has 5 heteroatoms. The molecule has 1 aliphatic rings. The number of nitrogens with two attached hydrogens (primary N) is 1. The van der Waals surface area contributed by atoms with Crippen molar-refractivity contribution >= 4 is 23.2 Å². The predicted octanol–water partition coefficient (Wildman–Crippen LogP) is 2.07. The van der Waals surface area contributed by atoms with Gasteiger partial charge in [0.1, 0.15) is 0 Å². The zero-order valence-electron chi connectivity index (χ0n) is 11.8. The highest BCUT2D eigenvalue weighted by molar-refractivity contribution is 6.23. The van der Waals surface area contributed by atoms with Crippen molar-refractivity contribution in [1.29, 1.82) is 5.26 Å². The van der Waals surface area contributed by atoms with E-state index in [0.717, 1.165) is 4.90 Å². The number of carbonyl (C=O) groups excluding carboxylic acids is 2. The number of benzene rings is 1. The van der Waals surface area contributed by atoms with E-state index in [0.29, 0.717) is 11.3 Å². The van der Waals surface area contributed by atoms with Gasteiger partial charge in [-0.25, -0.2) is 4.90 Å². The van der Waals surface area contributed by atoms with Gasteiger partial charge < -0.3 is 5.73 Å². The molecule has 5 nitrogen and oxygen atoms in total. The number of anilines is 2. The van der Waals surface area contributed by atoms with Crippen LogP contribution >= 0.6 is 0 Å². The van der Waals surface area contributed by atoms with E-state index in [1.165, 1.54) is 6.07 Å². The van der Waals surface area contributed by atoms with E-state index in [9.17, 15) is 9.59 Å². The Bertz CT molecular complexity index is 630. The molecule has 0 bridgehead atoms. The van der Waals surface area contributed by atoms with Crippen molar-refractivity contribution in [2.24, 2.45) is 11.3 Å². The minimum Gasteiger partial charge on any atom is -0.397 e. The van der Waals surface area contributed by atoms with Crippen molar-refractivity contribution in [2.75, 3.05) is 10.6 Å². The molecular formula is C15H17N3O2. The molecule has 0 saturated carbocycles. The van der Waals surface area contributed by atoms with Crippen LogP contribution in [0.4, 0.5) is 11.4 Å². The molecule has 2 N–H and O–H groups in total. The van der Waals surface area contributed by atoms with Crippen LogP contribution in [0.15, 0.2) is 18.2 Å². The molecule has 0 radical (unpaired) electrons. The minimum atomic E-state index is -0.697. The third-order valence-electron chi connectivity index (χ3n) is 4.13. The van der Waals surface area contributed by atoms with Crippen LogP contribution < -0.4 is 10.6 Å². The lowest BCUT2D eigenvalue weighted by molar-refractivity contribution is -0.126. The number of imide groups is 1. The highest BCUT2D eigenvalue weighted by Gasteiger charge is 2.50. The number of hydrogen-bond acceptors (Lipinski definition) is 4. The molecule has 1 fully saturated rings. The maximum Gasteiger partial charge on any atom is 0.240 e. The average Bonchev–Trinajstić information content (AvgIpc) is 2.62. The van der Waals surface area contributed by atoms with E-state index in [2.05, 4.69) is 0 Å². The first-order valence-corrected chi connectivity index (χ1v) is 6.48. The Balaban J connectivity index is 2.47. The molecule has 104 valence electrons. The number of nitrogens with zero attached hydrogens (tertiary/aromatic N) is 2. The van der Waals surface area contributed by atoms with Gasteiger partial charge in [0.15, 0.2) is 0 Å². The van der Waals surface area contributed by atoms with Gasteiger partial charge in [-0.15, -0.1) is 0 Å². The van der Waals surface area contributed by atoms with Crippen molar-refractivity contribution in [1.82, 2.24) is 0 Å². The van der Waals surface area contributed by atoms with Crippen molar-refractivity contribution in [2.45, 2.75) is 27.2 Å². The van der Waals surface area contributed by atoms with Crippen LogP contribution in [0.25, 0.3) is 0 Å². The van der Waals surface area contributed by atoms with E-state index in [4.69, 9.17) is 11.0 Å². The van der Waals surface area contributed by atoms with Gasteiger partial charge in [-0.1, -0.05) is 13.8 Å². The van der Waals surface area contributed by atoms with Crippen molar-refractivity contribution in [3.05, 3.63) is 23.8 Å². The van der Waals surface area contributed by atoms with Crippen LogP contribution in [0, 0.1) is 22.7 Å². The zero-order chi connectivity index (χ0) is 15.1. The Morgan fingerprint density at radius 3 is 2.50 bits per heavy atom. The molecular weight excluding hydrogens is 254 g/mol. The first kappa shape index (κ1) is 14.1. The number of rotatable bonds is 2. The lowest BCUT2D eigenvalue weighted by atomic mass is 9.78. The molecule has 1 heterocycles. The standard InChI is InChI=1S/C15H17N3O2/c1-9(2)15(3)7-13(19)18(14(15)20)12-5-4-10(8-16)6-11(12)17/h4-6,9H,7,17H2,1-3H3. The first-order chi connectivity index (χ1) is 9.31. The van der Waals surface area contributed by atoms with E-state index < -0.39 is 5.41 Å². The topological polar surface area (TPSA) is 87.2 Å². The second-order valence-electron chi connectivity index (χ2n) is 5.67. The predicted molar refractivity (Wildman–Crippen MR) is 75.6 cm³/mol. The van der Waals surface area contributed by atoms with Gasteiger partial charge in [0.05, 0.1) is 28.4 Å². The summed E-state index contributed by atoms with van der Waals surface area (Å²) in [5.41, 5.74) is 6.20. The van der Waals surface area contributed by atoms with Gasteiger partial charge >= 0.3 is 0 Å². The summed E-state index contributed by atoms with van der Waals surface area (Å²) in [6.45, 7) is 5.66. The van der Waals surface area contributed by atoms with Crippen LogP contribution in [-0.2, 0) is 9.59 Å². The molecule has 1 aliphatic heterocycles.